The third kappa shape index (κ3) is 2.91. The molecule has 0 aromatic carbocycles. The van der Waals surface area contributed by atoms with Crippen molar-refractivity contribution in [1.29, 1.82) is 0 Å². The van der Waals surface area contributed by atoms with Gasteiger partial charge in [-0.1, -0.05) is 0 Å². The van der Waals surface area contributed by atoms with Gasteiger partial charge in [-0.15, -0.1) is 11.3 Å². The summed E-state index contributed by atoms with van der Waals surface area (Å²) in [5.41, 5.74) is 5.85. The van der Waals surface area contributed by atoms with Gasteiger partial charge in [-0.25, -0.2) is 0 Å². The van der Waals surface area contributed by atoms with E-state index in [0.29, 0.717) is 23.2 Å². The number of anilines is 2. The number of aliphatic hydroxyl groups is 1. The summed E-state index contributed by atoms with van der Waals surface area (Å²) in [4.78, 5) is 14.8. The van der Waals surface area contributed by atoms with E-state index < -0.39 is 5.60 Å². The molecule has 0 spiro atoms. The average Bonchev–Trinajstić information content (AvgIpc) is 3.08. The summed E-state index contributed by atoms with van der Waals surface area (Å²) in [7, 11) is 0. The number of carbonyl (C=O) groups excluding carboxylic acids is 1. The number of β-amino-alcohol motifs (C(OH)–C–C–N with tert-alkyl or cyclic N) is 1. The zero-order valence-corrected chi connectivity index (χ0v) is 12.5. The first-order valence-corrected chi connectivity index (χ1v) is 7.94. The predicted octanol–water partition coefficient (Wildman–Crippen LogP) is 1.57. The highest BCUT2D eigenvalue weighted by molar-refractivity contribution is 7.18. The van der Waals surface area contributed by atoms with Crippen LogP contribution in [0, 0.1) is 0 Å². The van der Waals surface area contributed by atoms with Crippen molar-refractivity contribution in [3.8, 4) is 0 Å². The van der Waals surface area contributed by atoms with E-state index >= 15 is 0 Å². The molecule has 1 aliphatic heterocycles. The Morgan fingerprint density at radius 3 is 3.00 bits per heavy atom. The largest absolute Gasteiger partial charge is 0.397 e. The molecular formula is C14H21N3O2S. The normalized spacial score (nSPS) is 26.6. The summed E-state index contributed by atoms with van der Waals surface area (Å²) in [6.07, 6.45) is 3.91. The minimum atomic E-state index is -0.659. The SMILES string of the molecule is CC1(O)CCCN(c2cc(N)c(C(=O)NC3CC3)s2)C1. The van der Waals surface area contributed by atoms with Crippen LogP contribution in [0.25, 0.3) is 0 Å². The molecule has 1 amide bonds. The molecule has 0 bridgehead atoms. The van der Waals surface area contributed by atoms with Crippen LogP contribution in [-0.2, 0) is 0 Å². The van der Waals surface area contributed by atoms with Crippen LogP contribution < -0.4 is 16.0 Å². The molecule has 1 atom stereocenters. The number of piperidine rings is 1. The van der Waals surface area contributed by atoms with Crippen LogP contribution in [0.15, 0.2) is 6.07 Å². The molecule has 1 unspecified atom stereocenters. The number of nitrogens with two attached hydrogens (primary N) is 1. The predicted molar refractivity (Wildman–Crippen MR) is 81.3 cm³/mol. The van der Waals surface area contributed by atoms with Gasteiger partial charge < -0.3 is 21.1 Å². The topological polar surface area (TPSA) is 78.6 Å². The van der Waals surface area contributed by atoms with Crippen LogP contribution >= 0.6 is 11.3 Å². The standard InChI is InChI=1S/C14H21N3O2S/c1-14(19)5-2-6-17(8-14)11-7-10(15)12(20-11)13(18)16-9-3-4-9/h7,9,19H,2-6,8,15H2,1H3,(H,16,18). The van der Waals surface area contributed by atoms with Gasteiger partial charge in [0.25, 0.3) is 5.91 Å². The number of nitrogens with one attached hydrogen (secondary N) is 1. The number of hydrogen-bond acceptors (Lipinski definition) is 5. The number of nitrogen functional groups attached to an aromatic ring is 1. The molecule has 1 aromatic heterocycles. The fraction of sp³-hybridized carbons (Fsp3) is 0.643. The Kier molecular flexibility index (Phi) is 3.38. The fourth-order valence-electron chi connectivity index (χ4n) is 2.61. The number of hydrogen-bond donors (Lipinski definition) is 3. The Bertz CT molecular complexity index is 522. The van der Waals surface area contributed by atoms with Gasteiger partial charge in [0.1, 0.15) is 4.88 Å². The monoisotopic (exact) mass is 295 g/mol. The molecular weight excluding hydrogens is 274 g/mol. The molecule has 110 valence electrons. The Hall–Kier alpha value is -1.27. The van der Waals surface area contributed by atoms with Crippen molar-refractivity contribution in [3.05, 3.63) is 10.9 Å². The second-order valence-corrected chi connectivity index (χ2v) is 7.17. The molecule has 6 heteroatoms. The fourth-order valence-corrected chi connectivity index (χ4v) is 3.62. The molecule has 2 heterocycles. The lowest BCUT2D eigenvalue weighted by Gasteiger charge is -2.37. The molecule has 20 heavy (non-hydrogen) atoms. The van der Waals surface area contributed by atoms with Crippen molar-refractivity contribution in [1.82, 2.24) is 5.32 Å². The van der Waals surface area contributed by atoms with Crippen molar-refractivity contribution >= 4 is 27.9 Å². The van der Waals surface area contributed by atoms with Crippen molar-refractivity contribution in [2.75, 3.05) is 23.7 Å². The minimum Gasteiger partial charge on any atom is -0.397 e. The van der Waals surface area contributed by atoms with E-state index in [1.54, 1.807) is 0 Å². The van der Waals surface area contributed by atoms with Gasteiger partial charge in [-0.05, 0) is 38.7 Å². The Morgan fingerprint density at radius 1 is 1.60 bits per heavy atom. The van der Waals surface area contributed by atoms with E-state index in [4.69, 9.17) is 5.73 Å². The van der Waals surface area contributed by atoms with Gasteiger partial charge in [0.15, 0.2) is 0 Å². The van der Waals surface area contributed by atoms with Crippen molar-refractivity contribution in [3.63, 3.8) is 0 Å². The van der Waals surface area contributed by atoms with Crippen LogP contribution in [0.2, 0.25) is 0 Å². The molecule has 3 rings (SSSR count). The van der Waals surface area contributed by atoms with Crippen LogP contribution in [0.4, 0.5) is 10.7 Å². The van der Waals surface area contributed by atoms with E-state index in [9.17, 15) is 9.90 Å². The number of rotatable bonds is 3. The summed E-state index contributed by atoms with van der Waals surface area (Å²) in [6.45, 7) is 3.35. The highest BCUT2D eigenvalue weighted by Gasteiger charge is 2.31. The molecule has 1 aromatic rings. The molecule has 4 N–H and O–H groups in total. The van der Waals surface area contributed by atoms with Gasteiger partial charge in [0, 0.05) is 19.1 Å². The molecule has 1 saturated carbocycles. The number of amides is 1. The van der Waals surface area contributed by atoms with E-state index in [-0.39, 0.29) is 5.91 Å². The molecule has 1 aliphatic carbocycles. The highest BCUT2D eigenvalue weighted by Crippen LogP contribution is 2.35. The smallest absolute Gasteiger partial charge is 0.263 e. The maximum Gasteiger partial charge on any atom is 0.263 e. The van der Waals surface area contributed by atoms with Gasteiger partial charge in [-0.2, -0.15) is 0 Å². The lowest BCUT2D eigenvalue weighted by Crippen LogP contribution is -2.45. The quantitative estimate of drug-likeness (QED) is 0.791. The maximum absolute atomic E-state index is 12.1. The van der Waals surface area contributed by atoms with E-state index in [1.807, 2.05) is 13.0 Å². The number of thiophene rings is 1. The second-order valence-electron chi connectivity index (χ2n) is 6.14. The second kappa shape index (κ2) is 4.93. The minimum absolute atomic E-state index is 0.0648. The zero-order chi connectivity index (χ0) is 14.3. The first-order chi connectivity index (χ1) is 9.44. The molecule has 0 radical (unpaired) electrons. The van der Waals surface area contributed by atoms with Crippen LogP contribution in [0.5, 0.6) is 0 Å². The summed E-state index contributed by atoms with van der Waals surface area (Å²) < 4.78 is 0. The molecule has 1 saturated heterocycles. The third-order valence-electron chi connectivity index (χ3n) is 3.85. The van der Waals surface area contributed by atoms with Crippen molar-refractivity contribution in [2.24, 2.45) is 0 Å². The van der Waals surface area contributed by atoms with Gasteiger partial charge in [0.2, 0.25) is 0 Å². The first kappa shape index (κ1) is 13.7. The van der Waals surface area contributed by atoms with Gasteiger partial charge >= 0.3 is 0 Å². The Morgan fingerprint density at radius 2 is 2.35 bits per heavy atom. The first-order valence-electron chi connectivity index (χ1n) is 7.12. The number of nitrogens with zero attached hydrogens (tertiary/aromatic N) is 1. The number of carbonyl (C=O) groups is 1. The van der Waals surface area contributed by atoms with E-state index in [1.165, 1.54) is 11.3 Å². The maximum atomic E-state index is 12.1. The summed E-state index contributed by atoms with van der Waals surface area (Å²) in [5, 5.41) is 14.1. The van der Waals surface area contributed by atoms with Crippen LogP contribution in [0.3, 0.4) is 0 Å². The highest BCUT2D eigenvalue weighted by atomic mass is 32.1. The van der Waals surface area contributed by atoms with E-state index in [2.05, 4.69) is 10.2 Å². The molecule has 5 nitrogen and oxygen atoms in total. The molecule has 2 fully saturated rings. The average molecular weight is 295 g/mol. The zero-order valence-electron chi connectivity index (χ0n) is 11.7. The lowest BCUT2D eigenvalue weighted by molar-refractivity contribution is 0.0451. The van der Waals surface area contributed by atoms with Crippen LogP contribution in [-0.4, -0.2) is 35.7 Å². The summed E-state index contributed by atoms with van der Waals surface area (Å²) in [6, 6.07) is 2.19. The van der Waals surface area contributed by atoms with Crippen molar-refractivity contribution < 1.29 is 9.90 Å². The molecule has 2 aliphatic rings. The summed E-state index contributed by atoms with van der Waals surface area (Å²) >= 11 is 1.42. The summed E-state index contributed by atoms with van der Waals surface area (Å²) in [5.74, 6) is -0.0648. The third-order valence-corrected chi connectivity index (χ3v) is 5.06. The van der Waals surface area contributed by atoms with Crippen molar-refractivity contribution in [2.45, 2.75) is 44.2 Å². The lowest BCUT2D eigenvalue weighted by atomic mass is 9.95. The van der Waals surface area contributed by atoms with Gasteiger partial charge in [0.05, 0.1) is 16.3 Å². The van der Waals surface area contributed by atoms with E-state index in [0.717, 1.165) is 37.2 Å². The Balaban J connectivity index is 1.75. The van der Waals surface area contributed by atoms with Crippen LogP contribution in [0.1, 0.15) is 42.3 Å². The Labute approximate surface area is 122 Å². The van der Waals surface area contributed by atoms with Gasteiger partial charge in [-0.3, -0.25) is 4.79 Å².